The van der Waals surface area contributed by atoms with Crippen LogP contribution in [0.3, 0.4) is 0 Å². The van der Waals surface area contributed by atoms with Crippen LogP contribution >= 0.6 is 0 Å². The minimum Gasteiger partial charge on any atom is -0.497 e. The van der Waals surface area contributed by atoms with E-state index in [1.807, 2.05) is 18.2 Å². The monoisotopic (exact) mass is 255 g/mol. The Morgan fingerprint density at radius 1 is 1.11 bits per heavy atom. The number of rotatable bonds is 4. The van der Waals surface area contributed by atoms with Crippen molar-refractivity contribution in [2.45, 2.75) is 18.3 Å². The fourth-order valence-electron chi connectivity index (χ4n) is 2.31. The first-order chi connectivity index (χ1) is 9.24. The molecule has 0 radical (unpaired) electrons. The molecule has 0 saturated carbocycles. The maximum atomic E-state index is 9.12. The van der Waals surface area contributed by atoms with E-state index in [0.29, 0.717) is 6.42 Å². The highest BCUT2D eigenvalue weighted by molar-refractivity contribution is 5.48. The molecular formula is C16H17NO2. The Morgan fingerprint density at radius 2 is 1.68 bits per heavy atom. The summed E-state index contributed by atoms with van der Waals surface area (Å²) in [6, 6.07) is 8.02. The van der Waals surface area contributed by atoms with E-state index >= 15 is 0 Å². The van der Waals surface area contributed by atoms with Crippen LogP contribution in [0.4, 0.5) is 0 Å². The molecule has 0 saturated heterocycles. The molecule has 0 spiro atoms. The van der Waals surface area contributed by atoms with E-state index < -0.39 is 0 Å². The Hall–Kier alpha value is -2.21. The maximum absolute atomic E-state index is 9.12. The third kappa shape index (κ3) is 2.63. The molecule has 1 aromatic carbocycles. The lowest BCUT2D eigenvalue weighted by atomic mass is 9.75. The molecule has 19 heavy (non-hydrogen) atoms. The van der Waals surface area contributed by atoms with Crippen LogP contribution in [-0.2, 0) is 5.41 Å². The first-order valence-corrected chi connectivity index (χ1v) is 6.20. The van der Waals surface area contributed by atoms with Gasteiger partial charge in [0.2, 0.25) is 0 Å². The summed E-state index contributed by atoms with van der Waals surface area (Å²) in [4.78, 5) is 0. The predicted molar refractivity (Wildman–Crippen MR) is 74.4 cm³/mol. The van der Waals surface area contributed by atoms with Crippen LogP contribution in [0, 0.1) is 11.3 Å². The minimum absolute atomic E-state index is 0.380. The Kier molecular flexibility index (Phi) is 3.91. The summed E-state index contributed by atoms with van der Waals surface area (Å²) >= 11 is 0. The lowest BCUT2D eigenvalue weighted by molar-refractivity contribution is 0.392. The lowest BCUT2D eigenvalue weighted by Crippen LogP contribution is -2.21. The first-order valence-electron chi connectivity index (χ1n) is 6.20. The van der Waals surface area contributed by atoms with Gasteiger partial charge in [0.1, 0.15) is 11.5 Å². The minimum atomic E-state index is -0.380. The number of nitrogens with zero attached hydrogens (tertiary/aromatic N) is 1. The molecule has 0 heterocycles. The SMILES string of the molecule is COc1cc(OC)cc(C2(CC#N)C=CCC=C2)c1. The number of hydrogen-bond acceptors (Lipinski definition) is 3. The van der Waals surface area contributed by atoms with Gasteiger partial charge in [0.15, 0.2) is 0 Å². The number of benzene rings is 1. The van der Waals surface area contributed by atoms with Gasteiger partial charge in [-0.2, -0.15) is 5.26 Å². The number of hydrogen-bond donors (Lipinski definition) is 0. The molecule has 2 rings (SSSR count). The summed E-state index contributed by atoms with van der Waals surface area (Å²) in [5.74, 6) is 1.47. The van der Waals surface area contributed by atoms with Gasteiger partial charge in [0.05, 0.1) is 26.7 Å². The second kappa shape index (κ2) is 5.62. The Morgan fingerprint density at radius 3 is 2.16 bits per heavy atom. The average Bonchev–Trinajstić information content (AvgIpc) is 2.48. The molecule has 0 amide bonds. The molecule has 3 heteroatoms. The van der Waals surface area contributed by atoms with E-state index in [0.717, 1.165) is 23.5 Å². The van der Waals surface area contributed by atoms with Gasteiger partial charge in [-0.3, -0.25) is 0 Å². The van der Waals surface area contributed by atoms with Gasteiger partial charge in [0, 0.05) is 11.5 Å². The molecule has 1 aliphatic rings. The zero-order valence-corrected chi connectivity index (χ0v) is 11.2. The van der Waals surface area contributed by atoms with Gasteiger partial charge in [0.25, 0.3) is 0 Å². The van der Waals surface area contributed by atoms with Crippen molar-refractivity contribution in [3.63, 3.8) is 0 Å². The fraction of sp³-hybridized carbons (Fsp3) is 0.312. The van der Waals surface area contributed by atoms with E-state index in [1.165, 1.54) is 0 Å². The average molecular weight is 255 g/mol. The van der Waals surface area contributed by atoms with Gasteiger partial charge in [-0.05, 0) is 24.1 Å². The highest BCUT2D eigenvalue weighted by Gasteiger charge is 2.28. The highest BCUT2D eigenvalue weighted by atomic mass is 16.5. The maximum Gasteiger partial charge on any atom is 0.122 e. The number of nitriles is 1. The summed E-state index contributed by atoms with van der Waals surface area (Å²) in [7, 11) is 3.25. The molecule has 0 aromatic heterocycles. The first kappa shape index (κ1) is 13.2. The molecule has 0 fully saturated rings. The quantitative estimate of drug-likeness (QED) is 0.775. The van der Waals surface area contributed by atoms with Gasteiger partial charge in [-0.1, -0.05) is 24.3 Å². The van der Waals surface area contributed by atoms with Crippen LogP contribution in [0.1, 0.15) is 18.4 Å². The molecule has 0 aliphatic heterocycles. The Labute approximate surface area is 113 Å². The zero-order valence-electron chi connectivity index (χ0n) is 11.2. The van der Waals surface area contributed by atoms with Crippen molar-refractivity contribution in [3.05, 3.63) is 48.1 Å². The van der Waals surface area contributed by atoms with Crippen molar-refractivity contribution in [2.75, 3.05) is 14.2 Å². The van der Waals surface area contributed by atoms with Crippen LogP contribution in [0.25, 0.3) is 0 Å². The lowest BCUT2D eigenvalue weighted by Gasteiger charge is -2.28. The van der Waals surface area contributed by atoms with Crippen LogP contribution in [0.15, 0.2) is 42.5 Å². The van der Waals surface area contributed by atoms with Gasteiger partial charge in [-0.25, -0.2) is 0 Å². The fourth-order valence-corrected chi connectivity index (χ4v) is 2.31. The predicted octanol–water partition coefficient (Wildman–Crippen LogP) is 3.37. The van der Waals surface area contributed by atoms with E-state index in [4.69, 9.17) is 14.7 Å². The molecule has 3 nitrogen and oxygen atoms in total. The standard InChI is InChI=1S/C16H17NO2/c1-18-14-10-13(11-15(12-14)19-2)16(8-9-17)6-4-3-5-7-16/h4-7,10-12H,3,8H2,1-2H3. The van der Waals surface area contributed by atoms with Crippen molar-refractivity contribution in [1.82, 2.24) is 0 Å². The van der Waals surface area contributed by atoms with Gasteiger partial charge >= 0.3 is 0 Å². The molecule has 0 atom stereocenters. The third-order valence-corrected chi connectivity index (χ3v) is 3.36. The van der Waals surface area contributed by atoms with E-state index in [1.54, 1.807) is 14.2 Å². The highest BCUT2D eigenvalue weighted by Crippen LogP contribution is 2.37. The summed E-state index contributed by atoms with van der Waals surface area (Å²) in [6.45, 7) is 0. The molecule has 98 valence electrons. The van der Waals surface area contributed by atoms with E-state index in [2.05, 4.69) is 30.4 Å². The smallest absolute Gasteiger partial charge is 0.122 e. The Balaban J connectivity index is 2.53. The largest absolute Gasteiger partial charge is 0.497 e. The van der Waals surface area contributed by atoms with Crippen LogP contribution in [0.5, 0.6) is 11.5 Å². The summed E-state index contributed by atoms with van der Waals surface area (Å²) in [5.41, 5.74) is 0.631. The van der Waals surface area contributed by atoms with E-state index in [-0.39, 0.29) is 5.41 Å². The number of ether oxygens (including phenoxy) is 2. The molecule has 0 bridgehead atoms. The van der Waals surface area contributed by atoms with Crippen molar-refractivity contribution in [2.24, 2.45) is 0 Å². The molecule has 1 aliphatic carbocycles. The summed E-state index contributed by atoms with van der Waals surface area (Å²) < 4.78 is 10.6. The summed E-state index contributed by atoms with van der Waals surface area (Å²) in [6.07, 6.45) is 9.66. The number of methoxy groups -OCH3 is 2. The Bertz CT molecular complexity index is 518. The van der Waals surface area contributed by atoms with Crippen LogP contribution in [0.2, 0.25) is 0 Å². The second-order valence-electron chi connectivity index (χ2n) is 4.52. The molecule has 1 aromatic rings. The number of allylic oxidation sites excluding steroid dienone is 4. The second-order valence-corrected chi connectivity index (χ2v) is 4.52. The normalized spacial score (nSPS) is 15.8. The summed E-state index contributed by atoms with van der Waals surface area (Å²) in [5, 5.41) is 9.12. The van der Waals surface area contributed by atoms with Crippen molar-refractivity contribution < 1.29 is 9.47 Å². The molecular weight excluding hydrogens is 238 g/mol. The molecule has 0 N–H and O–H groups in total. The van der Waals surface area contributed by atoms with Crippen LogP contribution in [-0.4, -0.2) is 14.2 Å². The zero-order chi connectivity index (χ0) is 13.7. The molecule has 0 unspecified atom stereocenters. The van der Waals surface area contributed by atoms with Crippen molar-refractivity contribution in [3.8, 4) is 17.6 Å². The van der Waals surface area contributed by atoms with E-state index in [9.17, 15) is 0 Å². The van der Waals surface area contributed by atoms with Gasteiger partial charge in [-0.15, -0.1) is 0 Å². The van der Waals surface area contributed by atoms with Crippen molar-refractivity contribution in [1.29, 1.82) is 5.26 Å². The van der Waals surface area contributed by atoms with Crippen molar-refractivity contribution >= 4 is 0 Å². The van der Waals surface area contributed by atoms with Crippen LogP contribution < -0.4 is 9.47 Å². The topological polar surface area (TPSA) is 42.2 Å². The van der Waals surface area contributed by atoms with Gasteiger partial charge < -0.3 is 9.47 Å². The third-order valence-electron chi connectivity index (χ3n) is 3.36.